The monoisotopic (exact) mass is 322 g/mol. The van der Waals surface area contributed by atoms with Gasteiger partial charge in [-0.25, -0.2) is 0 Å². The number of benzene rings is 1. The van der Waals surface area contributed by atoms with Crippen LogP contribution in [0.15, 0.2) is 24.4 Å². The average Bonchev–Trinajstić information content (AvgIpc) is 2.93. The second kappa shape index (κ2) is 7.22. The number of rotatable bonds is 6. The number of halogens is 1. The summed E-state index contributed by atoms with van der Waals surface area (Å²) in [6, 6.07) is 5.32. The second-order valence-electron chi connectivity index (χ2n) is 4.74. The Bertz CT molecular complexity index is 667. The molecular weight excluding hydrogens is 304 g/mol. The predicted octanol–water partition coefficient (Wildman–Crippen LogP) is 3.31. The van der Waals surface area contributed by atoms with Gasteiger partial charge in [-0.2, -0.15) is 0 Å². The predicted molar refractivity (Wildman–Crippen MR) is 85.9 cm³/mol. The molecule has 2 N–H and O–H groups in total. The fraction of sp³-hybridized carbons (Fsp3) is 0.312. The van der Waals surface area contributed by atoms with Gasteiger partial charge in [0.2, 0.25) is 0 Å². The molecule has 2 aromatic rings. The fourth-order valence-corrected chi connectivity index (χ4v) is 2.42. The van der Waals surface area contributed by atoms with Crippen LogP contribution in [-0.4, -0.2) is 24.6 Å². The number of methoxy groups -OCH3 is 1. The summed E-state index contributed by atoms with van der Waals surface area (Å²) >= 11 is 6.21. The van der Waals surface area contributed by atoms with Crippen molar-refractivity contribution in [2.24, 2.45) is 0 Å². The molecule has 0 radical (unpaired) electrons. The molecule has 1 heterocycles. The Morgan fingerprint density at radius 3 is 2.77 bits per heavy atom. The Kier molecular flexibility index (Phi) is 5.33. The summed E-state index contributed by atoms with van der Waals surface area (Å²) in [5.41, 5.74) is 2.30. The molecule has 1 amide bonds. The highest BCUT2D eigenvalue weighted by Crippen LogP contribution is 2.36. The van der Waals surface area contributed by atoms with E-state index >= 15 is 0 Å². The third-order valence-corrected chi connectivity index (χ3v) is 3.51. The largest absolute Gasteiger partial charge is 0.493 e. The number of aromatic amines is 1. The minimum absolute atomic E-state index is 0.136. The van der Waals surface area contributed by atoms with Crippen molar-refractivity contribution in [2.45, 2.75) is 20.4 Å². The van der Waals surface area contributed by atoms with Crippen LogP contribution >= 0.6 is 11.6 Å². The van der Waals surface area contributed by atoms with Crippen molar-refractivity contribution in [1.82, 2.24) is 10.3 Å². The number of nitrogens with one attached hydrogen (secondary N) is 2. The number of aryl methyl sites for hydroxylation is 1. The topological polar surface area (TPSA) is 63.3 Å². The molecule has 5 nitrogen and oxygen atoms in total. The summed E-state index contributed by atoms with van der Waals surface area (Å²) in [4.78, 5) is 15.1. The van der Waals surface area contributed by atoms with E-state index in [4.69, 9.17) is 21.1 Å². The standard InChI is InChI=1S/C16H19ClN2O3/c1-4-22-15-13(17)7-11(8-14(15)21-3)9-19-16(20)12-5-6-18-10(12)2/h5-8,18H,4,9H2,1-3H3,(H,19,20). The molecule has 0 aliphatic heterocycles. The molecule has 0 atom stereocenters. The van der Waals surface area contributed by atoms with Crippen LogP contribution < -0.4 is 14.8 Å². The van der Waals surface area contributed by atoms with Crippen molar-refractivity contribution >= 4 is 17.5 Å². The number of H-pyrrole nitrogens is 1. The molecule has 0 aliphatic carbocycles. The number of hydrogen-bond acceptors (Lipinski definition) is 3. The molecule has 22 heavy (non-hydrogen) atoms. The van der Waals surface area contributed by atoms with E-state index in [1.807, 2.05) is 13.8 Å². The molecule has 0 aliphatic rings. The van der Waals surface area contributed by atoms with Gasteiger partial charge in [-0.1, -0.05) is 11.6 Å². The summed E-state index contributed by atoms with van der Waals surface area (Å²) in [6.45, 7) is 4.58. The molecule has 1 aromatic carbocycles. The lowest BCUT2D eigenvalue weighted by atomic mass is 10.2. The van der Waals surface area contributed by atoms with E-state index in [1.54, 1.807) is 31.5 Å². The Hall–Kier alpha value is -2.14. The zero-order chi connectivity index (χ0) is 16.1. The highest BCUT2D eigenvalue weighted by Gasteiger charge is 2.13. The summed E-state index contributed by atoms with van der Waals surface area (Å²) in [6.07, 6.45) is 1.74. The number of carbonyl (C=O) groups excluding carboxylic acids is 1. The zero-order valence-electron chi connectivity index (χ0n) is 12.8. The maximum Gasteiger partial charge on any atom is 0.253 e. The lowest BCUT2D eigenvalue weighted by Crippen LogP contribution is -2.23. The van der Waals surface area contributed by atoms with E-state index in [0.29, 0.717) is 35.2 Å². The van der Waals surface area contributed by atoms with Crippen LogP contribution in [0.25, 0.3) is 0 Å². The van der Waals surface area contributed by atoms with Crippen LogP contribution in [0.1, 0.15) is 28.5 Å². The second-order valence-corrected chi connectivity index (χ2v) is 5.15. The molecular formula is C16H19ClN2O3. The summed E-state index contributed by atoms with van der Waals surface area (Å²) in [5, 5.41) is 3.32. The Labute approximate surface area is 134 Å². The molecule has 1 aromatic heterocycles. The highest BCUT2D eigenvalue weighted by atomic mass is 35.5. The van der Waals surface area contributed by atoms with Gasteiger partial charge in [0.1, 0.15) is 0 Å². The molecule has 0 spiro atoms. The summed E-state index contributed by atoms with van der Waals surface area (Å²) in [5.74, 6) is 0.933. The first-order valence-electron chi connectivity index (χ1n) is 6.98. The lowest BCUT2D eigenvalue weighted by molar-refractivity contribution is 0.0950. The molecule has 0 saturated heterocycles. The van der Waals surface area contributed by atoms with Gasteiger partial charge in [0, 0.05) is 18.4 Å². The van der Waals surface area contributed by atoms with Crippen molar-refractivity contribution in [3.8, 4) is 11.5 Å². The highest BCUT2D eigenvalue weighted by molar-refractivity contribution is 6.32. The fourth-order valence-electron chi connectivity index (χ4n) is 2.14. The molecule has 2 rings (SSSR count). The van der Waals surface area contributed by atoms with E-state index in [1.165, 1.54) is 0 Å². The smallest absolute Gasteiger partial charge is 0.253 e. The van der Waals surface area contributed by atoms with Crippen LogP contribution in [0, 0.1) is 6.92 Å². The third kappa shape index (κ3) is 3.54. The van der Waals surface area contributed by atoms with Crippen LogP contribution in [0.3, 0.4) is 0 Å². The SMILES string of the molecule is CCOc1c(Cl)cc(CNC(=O)c2cc[nH]c2C)cc1OC. The third-order valence-electron chi connectivity index (χ3n) is 3.23. The maximum absolute atomic E-state index is 12.1. The van der Waals surface area contributed by atoms with Gasteiger partial charge < -0.3 is 19.8 Å². The van der Waals surface area contributed by atoms with Crippen molar-refractivity contribution in [2.75, 3.05) is 13.7 Å². The van der Waals surface area contributed by atoms with Gasteiger partial charge in [0.15, 0.2) is 11.5 Å². The van der Waals surface area contributed by atoms with Crippen molar-refractivity contribution < 1.29 is 14.3 Å². The summed E-state index contributed by atoms with van der Waals surface area (Å²) < 4.78 is 10.8. The van der Waals surface area contributed by atoms with E-state index in [9.17, 15) is 4.79 Å². The number of ether oxygens (including phenoxy) is 2. The first-order chi connectivity index (χ1) is 10.6. The number of carbonyl (C=O) groups is 1. The number of hydrogen-bond donors (Lipinski definition) is 2. The molecule has 0 bridgehead atoms. The van der Waals surface area contributed by atoms with Crippen LogP contribution in [0.5, 0.6) is 11.5 Å². The molecule has 6 heteroatoms. The van der Waals surface area contributed by atoms with E-state index in [-0.39, 0.29) is 5.91 Å². The molecule has 118 valence electrons. The molecule has 0 saturated carbocycles. The minimum Gasteiger partial charge on any atom is -0.493 e. The van der Waals surface area contributed by atoms with Gasteiger partial charge in [-0.05, 0) is 37.6 Å². The van der Waals surface area contributed by atoms with Crippen molar-refractivity contribution in [1.29, 1.82) is 0 Å². The van der Waals surface area contributed by atoms with E-state index < -0.39 is 0 Å². The van der Waals surface area contributed by atoms with E-state index in [2.05, 4.69) is 10.3 Å². The van der Waals surface area contributed by atoms with Gasteiger partial charge in [-0.3, -0.25) is 4.79 Å². The maximum atomic E-state index is 12.1. The van der Waals surface area contributed by atoms with Crippen LogP contribution in [0.4, 0.5) is 0 Å². The quantitative estimate of drug-likeness (QED) is 0.857. The molecule has 0 unspecified atom stereocenters. The Balaban J connectivity index is 2.12. The van der Waals surface area contributed by atoms with Gasteiger partial charge in [-0.15, -0.1) is 0 Å². The van der Waals surface area contributed by atoms with Gasteiger partial charge >= 0.3 is 0 Å². The van der Waals surface area contributed by atoms with Crippen molar-refractivity contribution in [3.63, 3.8) is 0 Å². The lowest BCUT2D eigenvalue weighted by Gasteiger charge is -2.13. The first-order valence-corrected chi connectivity index (χ1v) is 7.36. The minimum atomic E-state index is -0.136. The average molecular weight is 323 g/mol. The number of amides is 1. The Morgan fingerprint density at radius 2 is 2.18 bits per heavy atom. The van der Waals surface area contributed by atoms with Crippen LogP contribution in [-0.2, 0) is 6.54 Å². The zero-order valence-corrected chi connectivity index (χ0v) is 13.6. The molecule has 0 fully saturated rings. The van der Waals surface area contributed by atoms with Crippen LogP contribution in [0.2, 0.25) is 5.02 Å². The van der Waals surface area contributed by atoms with Gasteiger partial charge in [0.05, 0.1) is 24.3 Å². The Morgan fingerprint density at radius 1 is 1.41 bits per heavy atom. The normalized spacial score (nSPS) is 10.4. The number of aromatic nitrogens is 1. The first kappa shape index (κ1) is 16.2. The van der Waals surface area contributed by atoms with Crippen molar-refractivity contribution in [3.05, 3.63) is 46.2 Å². The van der Waals surface area contributed by atoms with E-state index in [0.717, 1.165) is 11.3 Å². The van der Waals surface area contributed by atoms with Gasteiger partial charge in [0.25, 0.3) is 5.91 Å². The summed E-state index contributed by atoms with van der Waals surface area (Å²) in [7, 11) is 1.56.